The number of likely N-dealkylation sites (tertiary alicyclic amines) is 1. The molecule has 7 heteroatoms. The third-order valence-corrected chi connectivity index (χ3v) is 6.13. The Labute approximate surface area is 194 Å². The lowest BCUT2D eigenvalue weighted by molar-refractivity contribution is -0.135. The van der Waals surface area contributed by atoms with Crippen molar-refractivity contribution in [3.63, 3.8) is 0 Å². The maximum atomic E-state index is 12.5. The molecular formula is C25H31ClN2O4. The van der Waals surface area contributed by atoms with E-state index in [1.165, 1.54) is 0 Å². The fourth-order valence-corrected chi connectivity index (χ4v) is 4.00. The van der Waals surface area contributed by atoms with Gasteiger partial charge in [0.1, 0.15) is 6.61 Å². The minimum atomic E-state index is -0.901. The molecule has 0 atom stereocenters. The van der Waals surface area contributed by atoms with Gasteiger partial charge < -0.3 is 20.1 Å². The highest BCUT2D eigenvalue weighted by Crippen LogP contribution is 2.33. The minimum absolute atomic E-state index is 0.124. The predicted molar refractivity (Wildman–Crippen MR) is 124 cm³/mol. The van der Waals surface area contributed by atoms with Crippen molar-refractivity contribution in [2.24, 2.45) is 0 Å². The maximum Gasteiger partial charge on any atom is 0.407 e. The number of unbranched alkanes of at least 4 members (excludes halogenated alkanes) is 2. The Morgan fingerprint density at radius 1 is 1.00 bits per heavy atom. The largest absolute Gasteiger partial charge is 0.445 e. The normalized spacial score (nSPS) is 15.2. The average Bonchev–Trinajstić information content (AvgIpc) is 2.81. The molecule has 0 spiro atoms. The van der Waals surface area contributed by atoms with Crippen molar-refractivity contribution in [2.75, 3.05) is 19.6 Å². The van der Waals surface area contributed by atoms with E-state index in [9.17, 15) is 14.7 Å². The Morgan fingerprint density at radius 3 is 2.38 bits per heavy atom. The molecule has 1 saturated heterocycles. The monoisotopic (exact) mass is 458 g/mol. The van der Waals surface area contributed by atoms with E-state index < -0.39 is 11.7 Å². The van der Waals surface area contributed by atoms with E-state index in [-0.39, 0.29) is 12.5 Å². The number of nitrogens with one attached hydrogen (secondary N) is 1. The Bertz CT molecular complexity index is 865. The van der Waals surface area contributed by atoms with E-state index in [0.717, 1.165) is 30.4 Å². The first-order chi connectivity index (χ1) is 15.5. The summed E-state index contributed by atoms with van der Waals surface area (Å²) in [6.45, 7) is 1.88. The number of carbonyl (C=O) groups is 2. The standard InChI is InChI=1S/C25H31ClN2O4/c26-22-12-10-21(11-13-22)25(31)14-17-28(18-15-25)23(29)9-5-2-6-16-27-24(30)32-19-20-7-3-1-4-8-20/h1,3-4,7-8,10-13,31H,2,5-6,9,14-19H2,(H,27,30). The first kappa shape index (κ1) is 24.1. The van der Waals surface area contributed by atoms with Gasteiger partial charge in [0.2, 0.25) is 5.91 Å². The molecule has 32 heavy (non-hydrogen) atoms. The Hall–Kier alpha value is -2.57. The number of halogens is 1. The number of piperidine rings is 1. The van der Waals surface area contributed by atoms with Crippen LogP contribution >= 0.6 is 11.6 Å². The molecule has 0 unspecified atom stereocenters. The predicted octanol–water partition coefficient (Wildman–Crippen LogP) is 4.64. The van der Waals surface area contributed by atoms with Crippen molar-refractivity contribution in [1.29, 1.82) is 0 Å². The maximum absolute atomic E-state index is 12.5. The van der Waals surface area contributed by atoms with Crippen LogP contribution in [0.5, 0.6) is 0 Å². The molecule has 0 aromatic heterocycles. The molecule has 2 amide bonds. The van der Waals surface area contributed by atoms with Gasteiger partial charge in [-0.1, -0.05) is 60.5 Å². The quantitative estimate of drug-likeness (QED) is 0.536. The molecule has 2 N–H and O–H groups in total. The van der Waals surface area contributed by atoms with Crippen LogP contribution in [0.1, 0.15) is 49.7 Å². The van der Waals surface area contributed by atoms with Crippen molar-refractivity contribution < 1.29 is 19.4 Å². The number of aliphatic hydroxyl groups is 1. The van der Waals surface area contributed by atoms with Gasteiger partial charge in [-0.25, -0.2) is 4.79 Å². The van der Waals surface area contributed by atoms with Crippen LogP contribution in [-0.2, 0) is 21.7 Å². The second kappa shape index (κ2) is 11.9. The zero-order valence-corrected chi connectivity index (χ0v) is 19.0. The summed E-state index contributed by atoms with van der Waals surface area (Å²) >= 11 is 5.93. The zero-order chi connectivity index (χ0) is 22.8. The number of hydrogen-bond acceptors (Lipinski definition) is 4. The first-order valence-corrected chi connectivity index (χ1v) is 11.5. The molecule has 1 aliphatic rings. The number of alkyl carbamates (subject to hydrolysis) is 1. The van der Waals surface area contributed by atoms with Gasteiger partial charge in [0.25, 0.3) is 0 Å². The third kappa shape index (κ3) is 7.24. The molecule has 0 aliphatic carbocycles. The fourth-order valence-electron chi connectivity index (χ4n) is 3.88. The zero-order valence-electron chi connectivity index (χ0n) is 18.3. The van der Waals surface area contributed by atoms with E-state index in [1.54, 1.807) is 12.1 Å². The molecule has 172 valence electrons. The number of rotatable bonds is 9. The molecule has 0 bridgehead atoms. The summed E-state index contributed by atoms with van der Waals surface area (Å²) in [7, 11) is 0. The van der Waals surface area contributed by atoms with Crippen LogP contribution in [0.15, 0.2) is 54.6 Å². The fraction of sp³-hybridized carbons (Fsp3) is 0.440. The first-order valence-electron chi connectivity index (χ1n) is 11.2. The number of carbonyl (C=O) groups excluding carboxylic acids is 2. The summed E-state index contributed by atoms with van der Waals surface area (Å²) in [5.41, 5.74) is 0.900. The highest BCUT2D eigenvalue weighted by atomic mass is 35.5. The van der Waals surface area contributed by atoms with Crippen molar-refractivity contribution in [3.05, 3.63) is 70.7 Å². The molecule has 0 radical (unpaired) electrons. The summed E-state index contributed by atoms with van der Waals surface area (Å²) in [6, 6.07) is 16.8. The summed E-state index contributed by atoms with van der Waals surface area (Å²) in [5.74, 6) is 0.124. The third-order valence-electron chi connectivity index (χ3n) is 5.87. The van der Waals surface area contributed by atoms with Gasteiger partial charge in [-0.2, -0.15) is 0 Å². The number of amides is 2. The van der Waals surface area contributed by atoms with Crippen LogP contribution in [0, 0.1) is 0 Å². The van der Waals surface area contributed by atoms with Gasteiger partial charge in [0.05, 0.1) is 5.60 Å². The van der Waals surface area contributed by atoms with E-state index in [1.807, 2.05) is 47.4 Å². The van der Waals surface area contributed by atoms with Gasteiger partial charge in [-0.05, 0) is 48.9 Å². The van der Waals surface area contributed by atoms with E-state index in [2.05, 4.69) is 5.32 Å². The van der Waals surface area contributed by atoms with Crippen LogP contribution in [-0.4, -0.2) is 41.6 Å². The van der Waals surface area contributed by atoms with Gasteiger partial charge >= 0.3 is 6.09 Å². The second-order valence-electron chi connectivity index (χ2n) is 8.22. The van der Waals surface area contributed by atoms with Crippen LogP contribution in [0.3, 0.4) is 0 Å². The summed E-state index contributed by atoms with van der Waals surface area (Å²) in [5, 5.41) is 14.3. The van der Waals surface area contributed by atoms with Gasteiger partial charge in [-0.3, -0.25) is 4.79 Å². The molecule has 0 saturated carbocycles. The molecule has 2 aromatic carbocycles. The van der Waals surface area contributed by atoms with Crippen LogP contribution in [0.4, 0.5) is 4.79 Å². The molecule has 2 aromatic rings. The SMILES string of the molecule is O=C(NCCCCCC(=O)N1CCC(O)(c2ccc(Cl)cc2)CC1)OCc1ccccc1. The van der Waals surface area contributed by atoms with Gasteiger partial charge in [0, 0.05) is 31.1 Å². The number of hydrogen-bond donors (Lipinski definition) is 2. The smallest absolute Gasteiger partial charge is 0.407 e. The van der Waals surface area contributed by atoms with Crippen LogP contribution in [0.25, 0.3) is 0 Å². The molecule has 1 fully saturated rings. The molecular weight excluding hydrogens is 428 g/mol. The summed E-state index contributed by atoms with van der Waals surface area (Å²) in [6.07, 6.45) is 3.53. The number of benzene rings is 2. The summed E-state index contributed by atoms with van der Waals surface area (Å²) < 4.78 is 5.17. The highest BCUT2D eigenvalue weighted by Gasteiger charge is 2.35. The van der Waals surface area contributed by atoms with Crippen molar-refractivity contribution in [2.45, 2.75) is 50.7 Å². The lowest BCUT2D eigenvalue weighted by Gasteiger charge is -2.38. The average molecular weight is 459 g/mol. The van der Waals surface area contributed by atoms with Crippen LogP contribution < -0.4 is 5.32 Å². The summed E-state index contributed by atoms with van der Waals surface area (Å²) in [4.78, 5) is 26.0. The van der Waals surface area contributed by atoms with Crippen molar-refractivity contribution in [3.8, 4) is 0 Å². The molecule has 6 nitrogen and oxygen atoms in total. The molecule has 1 heterocycles. The lowest BCUT2D eigenvalue weighted by atomic mass is 9.84. The number of nitrogens with zero attached hydrogens (tertiary/aromatic N) is 1. The minimum Gasteiger partial charge on any atom is -0.445 e. The van der Waals surface area contributed by atoms with E-state index in [0.29, 0.717) is 43.9 Å². The Balaban J connectivity index is 1.26. The Kier molecular flexibility index (Phi) is 8.94. The topological polar surface area (TPSA) is 78.9 Å². The molecule has 1 aliphatic heterocycles. The van der Waals surface area contributed by atoms with E-state index in [4.69, 9.17) is 16.3 Å². The molecule has 3 rings (SSSR count). The van der Waals surface area contributed by atoms with Crippen molar-refractivity contribution >= 4 is 23.6 Å². The lowest BCUT2D eigenvalue weighted by Crippen LogP contribution is -2.45. The number of ether oxygens (including phenoxy) is 1. The van der Waals surface area contributed by atoms with Crippen molar-refractivity contribution in [1.82, 2.24) is 10.2 Å². The van der Waals surface area contributed by atoms with E-state index >= 15 is 0 Å². The van der Waals surface area contributed by atoms with Crippen LogP contribution in [0.2, 0.25) is 5.02 Å². The highest BCUT2D eigenvalue weighted by molar-refractivity contribution is 6.30. The van der Waals surface area contributed by atoms with Gasteiger partial charge in [0.15, 0.2) is 0 Å². The second-order valence-corrected chi connectivity index (χ2v) is 8.65. The van der Waals surface area contributed by atoms with Gasteiger partial charge in [-0.15, -0.1) is 0 Å². The Morgan fingerprint density at radius 2 is 1.69 bits per heavy atom.